The maximum absolute atomic E-state index is 13.1. The van der Waals surface area contributed by atoms with Gasteiger partial charge in [-0.2, -0.15) is 0 Å². The minimum Gasteiger partial charge on any atom is -0.450 e. The van der Waals surface area contributed by atoms with E-state index in [1.165, 1.54) is 0 Å². The molecule has 38 heavy (non-hydrogen) atoms. The molecule has 5 rings (SSSR count). The molecule has 2 saturated heterocycles. The van der Waals surface area contributed by atoms with Crippen molar-refractivity contribution in [3.05, 3.63) is 53.1 Å². The monoisotopic (exact) mass is 523 g/mol. The van der Waals surface area contributed by atoms with Gasteiger partial charge in [0.25, 0.3) is 0 Å². The van der Waals surface area contributed by atoms with Crippen LogP contribution in [0.3, 0.4) is 0 Å². The molecule has 2 aromatic rings. The standard InChI is InChI=1S/C29H38FN5O3/c1-4-38-28(36)35-15-13-34(14-16-35)27-7-10-31-26-18-22(17-24(26)27)25-6-5-23(20-32-25)29(37-3)8-11-33(12-9-29)21(2)19-30/h5-7,10,17,20-21H,4,8-9,11-16,18-19H2,1-3H3. The second-order valence-electron chi connectivity index (χ2n) is 10.4. The molecule has 1 aliphatic carbocycles. The highest BCUT2D eigenvalue weighted by Crippen LogP contribution is 2.39. The second kappa shape index (κ2) is 11.4. The zero-order valence-electron chi connectivity index (χ0n) is 22.7. The molecule has 8 nitrogen and oxygen atoms in total. The summed E-state index contributed by atoms with van der Waals surface area (Å²) in [5.41, 5.74) is 6.13. The van der Waals surface area contributed by atoms with Crippen molar-refractivity contribution in [3.8, 4) is 0 Å². The Balaban J connectivity index is 1.29. The lowest BCUT2D eigenvalue weighted by atomic mass is 9.84. The molecule has 0 aromatic carbocycles. The Hall–Kier alpha value is -3.04. The van der Waals surface area contributed by atoms with Crippen molar-refractivity contribution in [2.75, 3.05) is 64.6 Å². The van der Waals surface area contributed by atoms with Gasteiger partial charge in [0.2, 0.25) is 0 Å². The maximum Gasteiger partial charge on any atom is 0.409 e. The molecule has 1 amide bonds. The smallest absolute Gasteiger partial charge is 0.409 e. The molecule has 0 saturated carbocycles. The fraction of sp³-hybridized carbons (Fsp3) is 0.552. The van der Waals surface area contributed by atoms with Crippen molar-refractivity contribution >= 4 is 23.4 Å². The van der Waals surface area contributed by atoms with Crippen LogP contribution in [0.1, 0.15) is 49.2 Å². The average molecular weight is 524 g/mol. The molecule has 4 heterocycles. The highest BCUT2D eigenvalue weighted by Gasteiger charge is 2.38. The van der Waals surface area contributed by atoms with E-state index in [0.717, 1.165) is 79.2 Å². The third kappa shape index (κ3) is 5.14. The van der Waals surface area contributed by atoms with Gasteiger partial charge in [0.1, 0.15) is 6.67 Å². The number of fused-ring (bicyclic) bond motifs is 1. The van der Waals surface area contributed by atoms with E-state index in [0.29, 0.717) is 19.7 Å². The first-order valence-electron chi connectivity index (χ1n) is 13.6. The summed E-state index contributed by atoms with van der Waals surface area (Å²) in [5.74, 6) is 0. The molecule has 2 fully saturated rings. The topological polar surface area (TPSA) is 71.0 Å². The minimum absolute atomic E-state index is 0.0544. The fourth-order valence-corrected chi connectivity index (χ4v) is 5.88. The third-order valence-corrected chi connectivity index (χ3v) is 8.33. The van der Waals surface area contributed by atoms with Gasteiger partial charge in [-0.1, -0.05) is 6.07 Å². The number of piperazine rings is 1. The Morgan fingerprint density at radius 3 is 2.50 bits per heavy atom. The summed E-state index contributed by atoms with van der Waals surface area (Å²) in [5, 5.41) is 0. The molecule has 9 heteroatoms. The number of hydrogen-bond acceptors (Lipinski definition) is 7. The number of amides is 1. The summed E-state index contributed by atoms with van der Waals surface area (Å²) < 4.78 is 24.3. The zero-order chi connectivity index (χ0) is 26.7. The molecular weight excluding hydrogens is 485 g/mol. The third-order valence-electron chi connectivity index (χ3n) is 8.33. The van der Waals surface area contributed by atoms with Crippen LogP contribution >= 0.6 is 0 Å². The van der Waals surface area contributed by atoms with Crippen LogP contribution in [0.2, 0.25) is 0 Å². The molecule has 2 aliphatic heterocycles. The number of nitrogens with zero attached hydrogens (tertiary/aromatic N) is 5. The number of rotatable bonds is 7. The lowest BCUT2D eigenvalue weighted by Crippen LogP contribution is -2.49. The van der Waals surface area contributed by atoms with Crippen LogP contribution in [0.15, 0.2) is 30.6 Å². The molecule has 0 spiro atoms. The molecule has 1 unspecified atom stereocenters. The van der Waals surface area contributed by atoms with Gasteiger partial charge in [-0.15, -0.1) is 0 Å². The zero-order valence-corrected chi connectivity index (χ0v) is 22.7. The number of carbonyl (C=O) groups excluding carboxylic acids is 1. The lowest BCUT2D eigenvalue weighted by Gasteiger charge is -2.42. The van der Waals surface area contributed by atoms with Gasteiger partial charge in [-0.25, -0.2) is 9.18 Å². The molecule has 0 bridgehead atoms. The highest BCUT2D eigenvalue weighted by molar-refractivity contribution is 5.91. The summed E-state index contributed by atoms with van der Waals surface area (Å²) in [6.07, 6.45) is 8.17. The van der Waals surface area contributed by atoms with Gasteiger partial charge in [-0.05, 0) is 50.5 Å². The van der Waals surface area contributed by atoms with Crippen molar-refractivity contribution in [1.82, 2.24) is 19.8 Å². The Morgan fingerprint density at radius 2 is 1.87 bits per heavy atom. The van der Waals surface area contributed by atoms with Gasteiger partial charge >= 0.3 is 6.09 Å². The second-order valence-corrected chi connectivity index (χ2v) is 10.4. The van der Waals surface area contributed by atoms with Crippen molar-refractivity contribution < 1.29 is 18.7 Å². The SMILES string of the molecule is CCOC(=O)N1CCN(c2ccnc3c2C=C(c2ccc(C4(OC)CCN(C(C)CF)CC4)cn2)C3)CC1. The number of pyridine rings is 2. The summed E-state index contributed by atoms with van der Waals surface area (Å²) in [4.78, 5) is 27.9. The molecule has 0 radical (unpaired) electrons. The van der Waals surface area contributed by atoms with E-state index >= 15 is 0 Å². The van der Waals surface area contributed by atoms with Gasteiger partial charge in [-0.3, -0.25) is 14.9 Å². The Labute approximate surface area is 224 Å². The molecule has 204 valence electrons. The van der Waals surface area contributed by atoms with Gasteiger partial charge in [0.15, 0.2) is 0 Å². The summed E-state index contributed by atoms with van der Waals surface area (Å²) >= 11 is 0. The number of likely N-dealkylation sites (tertiary alicyclic amines) is 1. The number of allylic oxidation sites excluding steroid dienone is 1. The quantitative estimate of drug-likeness (QED) is 0.540. The van der Waals surface area contributed by atoms with Gasteiger partial charge in [0.05, 0.1) is 23.6 Å². The highest BCUT2D eigenvalue weighted by atomic mass is 19.1. The summed E-state index contributed by atoms with van der Waals surface area (Å²) in [7, 11) is 1.76. The van der Waals surface area contributed by atoms with E-state index in [-0.39, 0.29) is 24.4 Å². The predicted molar refractivity (Wildman–Crippen MR) is 146 cm³/mol. The van der Waals surface area contributed by atoms with Crippen molar-refractivity contribution in [2.45, 2.75) is 44.8 Å². The maximum atomic E-state index is 13.1. The number of ether oxygens (including phenoxy) is 2. The van der Waals surface area contributed by atoms with E-state index in [1.54, 1.807) is 12.0 Å². The van der Waals surface area contributed by atoms with E-state index in [2.05, 4.69) is 39.1 Å². The molecule has 3 aliphatic rings. The number of aromatic nitrogens is 2. The molecule has 1 atom stereocenters. The van der Waals surface area contributed by atoms with Gasteiger partial charge < -0.3 is 19.3 Å². The average Bonchev–Trinajstić information content (AvgIpc) is 3.42. The first kappa shape index (κ1) is 26.6. The largest absolute Gasteiger partial charge is 0.450 e. The number of hydrogen-bond donors (Lipinski definition) is 0. The number of anilines is 1. The minimum atomic E-state index is -0.383. The first-order valence-corrected chi connectivity index (χ1v) is 13.6. The summed E-state index contributed by atoms with van der Waals surface area (Å²) in [6, 6.07) is 6.23. The van der Waals surface area contributed by atoms with Crippen LogP contribution in [0.5, 0.6) is 0 Å². The van der Waals surface area contributed by atoms with Crippen LogP contribution in [-0.4, -0.2) is 91.6 Å². The van der Waals surface area contributed by atoms with Crippen molar-refractivity contribution in [1.29, 1.82) is 0 Å². The molecule has 0 N–H and O–H groups in total. The van der Waals surface area contributed by atoms with E-state index in [4.69, 9.17) is 14.5 Å². The lowest BCUT2D eigenvalue weighted by molar-refractivity contribution is -0.0694. The predicted octanol–water partition coefficient (Wildman–Crippen LogP) is 4.15. The van der Waals surface area contributed by atoms with E-state index < -0.39 is 0 Å². The van der Waals surface area contributed by atoms with Crippen LogP contribution in [-0.2, 0) is 21.5 Å². The number of methoxy groups -OCH3 is 1. The normalized spacial score (nSPS) is 20.2. The Bertz CT molecular complexity index is 1160. The van der Waals surface area contributed by atoms with Crippen molar-refractivity contribution in [3.63, 3.8) is 0 Å². The van der Waals surface area contributed by atoms with Crippen LogP contribution in [0.4, 0.5) is 14.9 Å². The number of carbonyl (C=O) groups is 1. The van der Waals surface area contributed by atoms with Crippen molar-refractivity contribution in [2.24, 2.45) is 0 Å². The van der Waals surface area contributed by atoms with Gasteiger partial charge in [0, 0.05) is 88.0 Å². The van der Waals surface area contributed by atoms with Crippen LogP contribution in [0.25, 0.3) is 11.6 Å². The Morgan fingerprint density at radius 1 is 1.11 bits per heavy atom. The van der Waals surface area contributed by atoms with E-state index in [9.17, 15) is 9.18 Å². The number of halogens is 1. The molecule has 2 aromatic heterocycles. The van der Waals surface area contributed by atoms with Crippen LogP contribution < -0.4 is 4.90 Å². The summed E-state index contributed by atoms with van der Waals surface area (Å²) in [6.45, 7) is 8.25. The molecular formula is C29H38FN5O3. The number of alkyl halides is 1. The number of piperidine rings is 1. The van der Waals surface area contributed by atoms with E-state index in [1.807, 2.05) is 26.2 Å². The Kier molecular flexibility index (Phi) is 7.95. The fourth-order valence-electron chi connectivity index (χ4n) is 5.88. The first-order chi connectivity index (χ1) is 18.5. The van der Waals surface area contributed by atoms with Crippen LogP contribution in [0, 0.1) is 0 Å².